The standard InChI is InChI=1S/C19H13N3OS2/c23-17(16-12-25-19(22-16)13-4-2-1-3-5-13)21-15-8-6-14(7-9-15)18-20-10-11-24-18/h1-12H,(H,21,23). The number of thiazole rings is 2. The first-order valence-corrected chi connectivity index (χ1v) is 9.38. The maximum Gasteiger partial charge on any atom is 0.275 e. The Bertz CT molecular complexity index is 977. The summed E-state index contributed by atoms with van der Waals surface area (Å²) in [5, 5.41) is 8.41. The Hall–Kier alpha value is -2.83. The summed E-state index contributed by atoms with van der Waals surface area (Å²) in [6, 6.07) is 17.5. The lowest BCUT2D eigenvalue weighted by molar-refractivity contribution is 0.102. The second-order valence-electron chi connectivity index (χ2n) is 5.27. The number of nitrogens with one attached hydrogen (secondary N) is 1. The van der Waals surface area contributed by atoms with E-state index in [0.717, 1.165) is 26.8 Å². The van der Waals surface area contributed by atoms with Gasteiger partial charge in [-0.3, -0.25) is 4.79 Å². The third-order valence-electron chi connectivity index (χ3n) is 3.58. The van der Waals surface area contributed by atoms with Crippen LogP contribution in [-0.4, -0.2) is 15.9 Å². The number of hydrogen-bond donors (Lipinski definition) is 1. The average Bonchev–Trinajstić information content (AvgIpc) is 3.35. The van der Waals surface area contributed by atoms with Crippen LogP contribution in [0.15, 0.2) is 71.6 Å². The molecule has 0 aliphatic carbocycles. The van der Waals surface area contributed by atoms with Crippen LogP contribution in [0.1, 0.15) is 10.5 Å². The Kier molecular flexibility index (Phi) is 4.37. The number of carbonyl (C=O) groups is 1. The zero-order chi connectivity index (χ0) is 17.1. The van der Waals surface area contributed by atoms with Crippen LogP contribution in [0.25, 0.3) is 21.1 Å². The van der Waals surface area contributed by atoms with Crippen molar-refractivity contribution in [2.24, 2.45) is 0 Å². The van der Waals surface area contributed by atoms with Gasteiger partial charge < -0.3 is 5.32 Å². The molecule has 0 fully saturated rings. The number of aromatic nitrogens is 2. The molecule has 6 heteroatoms. The maximum absolute atomic E-state index is 12.4. The summed E-state index contributed by atoms with van der Waals surface area (Å²) in [5.74, 6) is -0.208. The minimum Gasteiger partial charge on any atom is -0.321 e. The molecule has 2 aromatic heterocycles. The van der Waals surface area contributed by atoms with Gasteiger partial charge >= 0.3 is 0 Å². The SMILES string of the molecule is O=C(Nc1ccc(-c2nccs2)cc1)c1csc(-c2ccccc2)n1. The lowest BCUT2D eigenvalue weighted by atomic mass is 10.2. The fourth-order valence-electron chi connectivity index (χ4n) is 2.35. The first-order valence-electron chi connectivity index (χ1n) is 7.62. The summed E-state index contributed by atoms with van der Waals surface area (Å²) in [5.41, 5.74) is 3.21. The Morgan fingerprint density at radius 3 is 2.36 bits per heavy atom. The summed E-state index contributed by atoms with van der Waals surface area (Å²) >= 11 is 3.05. The number of nitrogens with zero attached hydrogens (tertiary/aromatic N) is 2. The summed E-state index contributed by atoms with van der Waals surface area (Å²) in [6.07, 6.45) is 1.78. The van der Waals surface area contributed by atoms with Crippen LogP contribution in [0.4, 0.5) is 5.69 Å². The number of hydrogen-bond acceptors (Lipinski definition) is 5. The number of rotatable bonds is 4. The number of carbonyl (C=O) groups excluding carboxylic acids is 1. The molecule has 25 heavy (non-hydrogen) atoms. The molecule has 0 atom stereocenters. The fraction of sp³-hybridized carbons (Fsp3) is 0. The predicted molar refractivity (Wildman–Crippen MR) is 103 cm³/mol. The van der Waals surface area contributed by atoms with Gasteiger partial charge in [0.15, 0.2) is 0 Å². The molecule has 1 N–H and O–H groups in total. The number of benzene rings is 2. The molecule has 0 bridgehead atoms. The molecule has 4 rings (SSSR count). The van der Waals surface area contributed by atoms with Crippen LogP contribution in [-0.2, 0) is 0 Å². The van der Waals surface area contributed by atoms with Gasteiger partial charge in [0.1, 0.15) is 15.7 Å². The van der Waals surface area contributed by atoms with Gasteiger partial charge in [-0.05, 0) is 24.3 Å². The summed E-state index contributed by atoms with van der Waals surface area (Å²) in [7, 11) is 0. The molecule has 0 radical (unpaired) electrons. The molecule has 0 saturated carbocycles. The van der Waals surface area contributed by atoms with E-state index in [1.54, 1.807) is 22.9 Å². The zero-order valence-electron chi connectivity index (χ0n) is 13.0. The van der Waals surface area contributed by atoms with Crippen LogP contribution in [0.2, 0.25) is 0 Å². The Labute approximate surface area is 152 Å². The van der Waals surface area contributed by atoms with E-state index in [4.69, 9.17) is 0 Å². The van der Waals surface area contributed by atoms with Crippen molar-refractivity contribution in [3.63, 3.8) is 0 Å². The molecule has 2 aromatic carbocycles. The first-order chi connectivity index (χ1) is 12.3. The van der Waals surface area contributed by atoms with Crippen molar-refractivity contribution in [3.8, 4) is 21.1 Å². The Morgan fingerprint density at radius 1 is 0.880 bits per heavy atom. The van der Waals surface area contributed by atoms with Crippen molar-refractivity contribution < 1.29 is 4.79 Å². The fourth-order valence-corrected chi connectivity index (χ4v) is 3.80. The zero-order valence-corrected chi connectivity index (χ0v) is 14.7. The number of amides is 1. The van der Waals surface area contributed by atoms with E-state index < -0.39 is 0 Å². The average molecular weight is 363 g/mol. The van der Waals surface area contributed by atoms with Gasteiger partial charge in [-0.15, -0.1) is 22.7 Å². The van der Waals surface area contributed by atoms with Crippen LogP contribution in [0.5, 0.6) is 0 Å². The van der Waals surface area contributed by atoms with Crippen LogP contribution >= 0.6 is 22.7 Å². The summed E-state index contributed by atoms with van der Waals surface area (Å²) in [6.45, 7) is 0. The van der Waals surface area contributed by atoms with Gasteiger partial charge in [0, 0.05) is 33.8 Å². The van der Waals surface area contributed by atoms with Crippen molar-refractivity contribution in [2.45, 2.75) is 0 Å². The molecule has 0 spiro atoms. The Balaban J connectivity index is 1.48. The molecule has 4 nitrogen and oxygen atoms in total. The predicted octanol–water partition coefficient (Wildman–Crippen LogP) is 5.19. The molecule has 0 saturated heterocycles. The van der Waals surface area contributed by atoms with E-state index in [1.807, 2.05) is 60.0 Å². The summed E-state index contributed by atoms with van der Waals surface area (Å²) < 4.78 is 0. The second-order valence-corrected chi connectivity index (χ2v) is 7.03. The van der Waals surface area contributed by atoms with Gasteiger partial charge in [0.2, 0.25) is 0 Å². The lowest BCUT2D eigenvalue weighted by Gasteiger charge is -2.04. The third kappa shape index (κ3) is 3.50. The van der Waals surface area contributed by atoms with E-state index in [2.05, 4.69) is 15.3 Å². The highest BCUT2D eigenvalue weighted by Gasteiger charge is 2.12. The van der Waals surface area contributed by atoms with E-state index in [9.17, 15) is 4.79 Å². The highest BCUT2D eigenvalue weighted by atomic mass is 32.1. The van der Waals surface area contributed by atoms with Gasteiger partial charge in [0.05, 0.1) is 0 Å². The second kappa shape index (κ2) is 6.96. The van der Waals surface area contributed by atoms with E-state index in [1.165, 1.54) is 11.3 Å². The van der Waals surface area contributed by atoms with Crippen molar-refractivity contribution >= 4 is 34.3 Å². The number of anilines is 1. The monoisotopic (exact) mass is 363 g/mol. The Morgan fingerprint density at radius 2 is 1.64 bits per heavy atom. The molecule has 0 aliphatic heterocycles. The van der Waals surface area contributed by atoms with Gasteiger partial charge in [0.25, 0.3) is 5.91 Å². The molecule has 122 valence electrons. The van der Waals surface area contributed by atoms with Crippen molar-refractivity contribution in [1.29, 1.82) is 0 Å². The quantitative estimate of drug-likeness (QED) is 0.543. The topological polar surface area (TPSA) is 54.9 Å². The van der Waals surface area contributed by atoms with Crippen LogP contribution < -0.4 is 5.32 Å². The van der Waals surface area contributed by atoms with E-state index in [-0.39, 0.29) is 5.91 Å². The maximum atomic E-state index is 12.4. The lowest BCUT2D eigenvalue weighted by Crippen LogP contribution is -2.12. The van der Waals surface area contributed by atoms with Crippen LogP contribution in [0.3, 0.4) is 0 Å². The van der Waals surface area contributed by atoms with Crippen molar-refractivity contribution in [3.05, 3.63) is 77.2 Å². The summed E-state index contributed by atoms with van der Waals surface area (Å²) in [4.78, 5) is 21.1. The van der Waals surface area contributed by atoms with Crippen molar-refractivity contribution in [1.82, 2.24) is 9.97 Å². The van der Waals surface area contributed by atoms with Gasteiger partial charge in [-0.1, -0.05) is 30.3 Å². The first kappa shape index (κ1) is 15.7. The van der Waals surface area contributed by atoms with E-state index in [0.29, 0.717) is 5.69 Å². The normalized spacial score (nSPS) is 10.6. The van der Waals surface area contributed by atoms with E-state index >= 15 is 0 Å². The molecule has 0 aliphatic rings. The van der Waals surface area contributed by atoms with Gasteiger partial charge in [-0.25, -0.2) is 9.97 Å². The van der Waals surface area contributed by atoms with Crippen molar-refractivity contribution in [2.75, 3.05) is 5.32 Å². The molecule has 2 heterocycles. The molecular formula is C19H13N3OS2. The highest BCUT2D eigenvalue weighted by Crippen LogP contribution is 2.25. The molecule has 1 amide bonds. The minimum absolute atomic E-state index is 0.208. The third-order valence-corrected chi connectivity index (χ3v) is 5.29. The smallest absolute Gasteiger partial charge is 0.275 e. The van der Waals surface area contributed by atoms with Gasteiger partial charge in [-0.2, -0.15) is 0 Å². The van der Waals surface area contributed by atoms with Crippen LogP contribution in [0, 0.1) is 0 Å². The largest absolute Gasteiger partial charge is 0.321 e. The molecule has 4 aromatic rings. The molecular weight excluding hydrogens is 350 g/mol. The minimum atomic E-state index is -0.208. The highest BCUT2D eigenvalue weighted by molar-refractivity contribution is 7.13. The molecule has 0 unspecified atom stereocenters.